The lowest BCUT2D eigenvalue weighted by atomic mass is 10.2. The van der Waals surface area contributed by atoms with E-state index in [9.17, 15) is 0 Å². The monoisotopic (exact) mass is 336 g/mol. The minimum Gasteiger partial charge on any atom is -0.199 e. The molecule has 1 aromatic carbocycles. The van der Waals surface area contributed by atoms with Gasteiger partial charge in [-0.3, -0.25) is 0 Å². The second kappa shape index (κ2) is 6.57. The van der Waals surface area contributed by atoms with E-state index >= 15 is 0 Å². The molecule has 1 aromatic heterocycles. The van der Waals surface area contributed by atoms with Gasteiger partial charge in [-0.2, -0.15) is 9.78 Å². The lowest BCUT2D eigenvalue weighted by molar-refractivity contribution is 0.785. The third-order valence-corrected chi connectivity index (χ3v) is 3.32. The van der Waals surface area contributed by atoms with Gasteiger partial charge in [0, 0.05) is 10.6 Å². The topological polar surface area (TPSA) is 43.1 Å². The van der Waals surface area contributed by atoms with Crippen LogP contribution in [-0.4, -0.2) is 21.1 Å². The van der Waals surface area contributed by atoms with Crippen molar-refractivity contribution in [2.24, 2.45) is 5.10 Å². The molecule has 0 aliphatic carbocycles. The van der Waals surface area contributed by atoms with Crippen molar-refractivity contribution in [2.45, 2.75) is 11.8 Å². The summed E-state index contributed by atoms with van der Waals surface area (Å²) in [6.07, 6.45) is 1.58. The molecule has 100 valence electrons. The Morgan fingerprint density at radius 2 is 1.74 bits per heavy atom. The second-order valence-corrected chi connectivity index (χ2v) is 4.90. The van der Waals surface area contributed by atoms with E-state index < -0.39 is 0 Å². The van der Waals surface area contributed by atoms with Gasteiger partial charge in [-0.1, -0.05) is 29.3 Å². The van der Waals surface area contributed by atoms with Gasteiger partial charge in [0.25, 0.3) is 0 Å². The summed E-state index contributed by atoms with van der Waals surface area (Å²) < 4.78 is 1.49. The van der Waals surface area contributed by atoms with Crippen LogP contribution in [0.25, 0.3) is 0 Å². The number of benzene rings is 1. The summed E-state index contributed by atoms with van der Waals surface area (Å²) in [5.74, 6) is 1.41. The third kappa shape index (κ3) is 3.39. The number of hydrogen-bond donors (Lipinski definition) is 0. The van der Waals surface area contributed by atoms with E-state index in [4.69, 9.17) is 46.4 Å². The van der Waals surface area contributed by atoms with Crippen LogP contribution in [0.4, 0.5) is 0 Å². The fourth-order valence-electron chi connectivity index (χ4n) is 1.38. The van der Waals surface area contributed by atoms with Crippen LogP contribution in [0.5, 0.6) is 0 Å². The zero-order valence-electron chi connectivity index (χ0n) is 9.52. The predicted molar refractivity (Wildman–Crippen MR) is 78.6 cm³/mol. The van der Waals surface area contributed by atoms with E-state index in [0.717, 1.165) is 5.56 Å². The van der Waals surface area contributed by atoms with Gasteiger partial charge in [0.2, 0.25) is 0 Å². The summed E-state index contributed by atoms with van der Waals surface area (Å²) in [5, 5.41) is 13.1. The molecular weight excluding hydrogens is 330 g/mol. The molecule has 0 aliphatic heterocycles. The Labute approximate surface area is 129 Å². The predicted octanol–water partition coefficient (Wildman–Crippen LogP) is 3.94. The van der Waals surface area contributed by atoms with E-state index in [0.29, 0.717) is 21.7 Å². The van der Waals surface area contributed by atoms with Gasteiger partial charge in [0.1, 0.15) is 0 Å². The molecule has 8 heteroatoms. The molecule has 0 bridgehead atoms. The molecule has 0 fully saturated rings. The van der Waals surface area contributed by atoms with Gasteiger partial charge in [0.15, 0.2) is 11.6 Å². The highest BCUT2D eigenvalue weighted by molar-refractivity contribution is 6.36. The first-order valence-corrected chi connectivity index (χ1v) is 7.02. The van der Waals surface area contributed by atoms with E-state index in [1.165, 1.54) is 4.68 Å². The molecule has 0 atom stereocenters. The molecular formula is C11H8Cl4N4. The molecule has 0 radical (unpaired) electrons. The summed E-state index contributed by atoms with van der Waals surface area (Å²) in [6, 6.07) is 5.13. The molecule has 1 heterocycles. The maximum atomic E-state index is 6.05. The van der Waals surface area contributed by atoms with Gasteiger partial charge in [-0.15, -0.1) is 33.4 Å². The van der Waals surface area contributed by atoms with E-state index in [1.54, 1.807) is 24.4 Å². The first-order valence-electron chi connectivity index (χ1n) is 5.20. The van der Waals surface area contributed by atoms with Crippen LogP contribution in [0.15, 0.2) is 23.3 Å². The number of aromatic nitrogens is 3. The van der Waals surface area contributed by atoms with Gasteiger partial charge >= 0.3 is 0 Å². The van der Waals surface area contributed by atoms with Gasteiger partial charge < -0.3 is 0 Å². The number of halogens is 4. The Morgan fingerprint density at radius 3 is 2.26 bits per heavy atom. The normalized spacial score (nSPS) is 11.4. The number of alkyl halides is 2. The maximum Gasteiger partial charge on any atom is 0.169 e. The van der Waals surface area contributed by atoms with Crippen molar-refractivity contribution in [3.05, 3.63) is 45.5 Å². The molecule has 4 nitrogen and oxygen atoms in total. The van der Waals surface area contributed by atoms with Crippen molar-refractivity contribution < 1.29 is 0 Å². The average Bonchev–Trinajstić information content (AvgIpc) is 2.79. The van der Waals surface area contributed by atoms with Crippen LogP contribution in [0.2, 0.25) is 10.0 Å². The quantitative estimate of drug-likeness (QED) is 0.626. The summed E-state index contributed by atoms with van der Waals surface area (Å²) in [5.41, 5.74) is 0.723. The minimum absolute atomic E-state index is 0.190. The first-order chi connectivity index (χ1) is 9.15. The molecule has 0 saturated heterocycles. The van der Waals surface area contributed by atoms with E-state index in [1.807, 2.05) is 0 Å². The Kier molecular flexibility index (Phi) is 5.05. The maximum absolute atomic E-state index is 6.05. The van der Waals surface area contributed by atoms with Crippen molar-refractivity contribution in [1.29, 1.82) is 0 Å². The standard InChI is InChI=1S/C11H8Cl4N4/c12-4-10-17-18-11(5-13)19(10)16-6-7-1-2-8(14)3-9(7)15/h1-3,6H,4-5H2/b16-6-. The SMILES string of the molecule is ClCc1nnc(CCl)n1/N=C\c1ccc(Cl)cc1Cl. The summed E-state index contributed by atoms with van der Waals surface area (Å²) in [6.45, 7) is 0. The van der Waals surface area contributed by atoms with Gasteiger partial charge in [0.05, 0.1) is 23.0 Å². The van der Waals surface area contributed by atoms with Crippen LogP contribution in [-0.2, 0) is 11.8 Å². The summed E-state index contributed by atoms with van der Waals surface area (Å²) in [4.78, 5) is 0. The highest BCUT2D eigenvalue weighted by Gasteiger charge is 2.09. The average molecular weight is 338 g/mol. The van der Waals surface area contributed by atoms with Gasteiger partial charge in [-0.25, -0.2) is 0 Å². The lowest BCUT2D eigenvalue weighted by Crippen LogP contribution is -2.00. The highest BCUT2D eigenvalue weighted by Crippen LogP contribution is 2.19. The fraction of sp³-hybridized carbons (Fsp3) is 0.182. The smallest absolute Gasteiger partial charge is 0.169 e. The van der Waals surface area contributed by atoms with Crippen LogP contribution in [0.1, 0.15) is 17.2 Å². The van der Waals surface area contributed by atoms with Gasteiger partial charge in [-0.05, 0) is 12.1 Å². The first kappa shape index (κ1) is 14.6. The number of hydrogen-bond acceptors (Lipinski definition) is 3. The fourth-order valence-corrected chi connectivity index (χ4v) is 2.17. The molecule has 0 N–H and O–H groups in total. The van der Waals surface area contributed by atoms with Crippen molar-refractivity contribution >= 4 is 52.6 Å². The molecule has 0 unspecified atom stereocenters. The molecule has 2 rings (SSSR count). The second-order valence-electron chi connectivity index (χ2n) is 3.52. The van der Waals surface area contributed by atoms with Crippen molar-refractivity contribution in [2.75, 3.05) is 0 Å². The summed E-state index contributed by atoms with van der Waals surface area (Å²) in [7, 11) is 0. The largest absolute Gasteiger partial charge is 0.199 e. The van der Waals surface area contributed by atoms with Crippen LogP contribution in [0.3, 0.4) is 0 Å². The summed E-state index contributed by atoms with van der Waals surface area (Å²) >= 11 is 23.4. The molecule has 2 aromatic rings. The van der Waals surface area contributed by atoms with Crippen LogP contribution >= 0.6 is 46.4 Å². The van der Waals surface area contributed by atoms with Crippen molar-refractivity contribution in [3.8, 4) is 0 Å². The van der Waals surface area contributed by atoms with Crippen LogP contribution in [0, 0.1) is 0 Å². The molecule has 0 spiro atoms. The Hall–Kier alpha value is -0.810. The lowest BCUT2D eigenvalue weighted by Gasteiger charge is -2.01. The highest BCUT2D eigenvalue weighted by atomic mass is 35.5. The van der Waals surface area contributed by atoms with E-state index in [2.05, 4.69) is 15.3 Å². The number of nitrogens with zero attached hydrogens (tertiary/aromatic N) is 4. The molecule has 0 aliphatic rings. The van der Waals surface area contributed by atoms with Crippen LogP contribution < -0.4 is 0 Å². The van der Waals surface area contributed by atoms with E-state index in [-0.39, 0.29) is 11.8 Å². The Balaban J connectivity index is 2.34. The van der Waals surface area contributed by atoms with Crippen molar-refractivity contribution in [3.63, 3.8) is 0 Å². The minimum atomic E-state index is 0.190. The Morgan fingerprint density at radius 1 is 1.11 bits per heavy atom. The molecule has 0 saturated carbocycles. The zero-order valence-corrected chi connectivity index (χ0v) is 12.5. The molecule has 0 amide bonds. The molecule has 19 heavy (non-hydrogen) atoms. The third-order valence-electron chi connectivity index (χ3n) is 2.28. The number of rotatable bonds is 4. The zero-order chi connectivity index (χ0) is 13.8. The Bertz CT molecular complexity index is 587. The van der Waals surface area contributed by atoms with Crippen molar-refractivity contribution in [1.82, 2.24) is 14.9 Å².